The monoisotopic (exact) mass is 1010 g/mol. The van der Waals surface area contributed by atoms with E-state index in [9.17, 15) is 19.2 Å². The maximum atomic E-state index is 13.8. The minimum atomic E-state index is -0.304. The maximum Gasteiger partial charge on any atom is 0.306 e. The highest BCUT2D eigenvalue weighted by molar-refractivity contribution is 5.85. The van der Waals surface area contributed by atoms with E-state index in [1.165, 1.54) is 0 Å². The Morgan fingerprint density at radius 3 is 0.797 bits per heavy atom. The van der Waals surface area contributed by atoms with E-state index in [0.717, 1.165) is 234 Å². The molecule has 4 aliphatic carbocycles. The van der Waals surface area contributed by atoms with Crippen molar-refractivity contribution in [1.29, 1.82) is 0 Å². The molecule has 3 aromatic rings. The molecule has 0 amide bonds. The van der Waals surface area contributed by atoms with Gasteiger partial charge in [-0.05, 0) is 151 Å². The van der Waals surface area contributed by atoms with Crippen molar-refractivity contribution in [3.63, 3.8) is 0 Å². The Morgan fingerprint density at radius 2 is 0.541 bits per heavy atom. The Morgan fingerprint density at radius 1 is 0.311 bits per heavy atom. The highest BCUT2D eigenvalue weighted by atomic mass is 16.6. The van der Waals surface area contributed by atoms with E-state index >= 15 is 0 Å². The Hall–Kier alpha value is -5.52. The van der Waals surface area contributed by atoms with Gasteiger partial charge in [0.05, 0.1) is 22.8 Å². The van der Waals surface area contributed by atoms with Gasteiger partial charge in [0, 0.05) is 93.7 Å². The summed E-state index contributed by atoms with van der Waals surface area (Å²) in [4.78, 5) is 74.4. The molecule has 3 aromatic heterocycles. The number of ether oxygens (including phenoxy) is 4. The Balaban J connectivity index is 1.19. The number of H-pyrrole nitrogens is 2. The van der Waals surface area contributed by atoms with Crippen molar-refractivity contribution in [3.8, 4) is 0 Å². The summed E-state index contributed by atoms with van der Waals surface area (Å²) in [7, 11) is 0. The Labute approximate surface area is 436 Å². The van der Waals surface area contributed by atoms with Crippen molar-refractivity contribution in [3.05, 3.63) is 69.3 Å². The second-order valence-electron chi connectivity index (χ2n) is 22.9. The first kappa shape index (κ1) is 50.6. The largest absolute Gasteiger partial charge is 0.462 e. The molecule has 7 heterocycles. The average molecular weight is 1010 g/mol. The SMILES string of the molecule is O=C1CCCCCCCC(=O)O[C@H]2CCCC[C@@H]2c2c3nc(c(c4ccc([nH]4)c4c5nc(c(c6ccc2[nH]6)[C@H]2CCCC[C@@H]2OC(=O)CCCCCCCC(=O)O[C@H]2CCCC[C@H]42)C=C5)[C@H]2CCCC[C@@H]2O1)C=C3. The first-order chi connectivity index (χ1) is 36.3. The van der Waals surface area contributed by atoms with Crippen LogP contribution in [-0.4, -0.2) is 68.2 Å². The first-order valence-electron chi connectivity index (χ1n) is 29.3. The number of esters is 4. The van der Waals surface area contributed by atoms with Gasteiger partial charge in [-0.3, -0.25) is 19.2 Å². The van der Waals surface area contributed by atoms with Crippen molar-refractivity contribution in [2.24, 2.45) is 0 Å². The molecule has 2 N–H and O–H groups in total. The minimum Gasteiger partial charge on any atom is -0.462 e. The predicted molar refractivity (Wildman–Crippen MR) is 288 cm³/mol. The molecule has 11 rings (SSSR count). The second kappa shape index (κ2) is 23.6. The van der Waals surface area contributed by atoms with Crippen LogP contribution < -0.4 is 0 Å². The molecule has 0 saturated heterocycles. The van der Waals surface area contributed by atoms with E-state index in [1.807, 2.05) is 0 Å². The van der Waals surface area contributed by atoms with Crippen LogP contribution in [0.3, 0.4) is 0 Å². The quantitative estimate of drug-likeness (QED) is 0.113. The molecule has 12 nitrogen and oxygen atoms in total. The first-order valence-corrected chi connectivity index (χ1v) is 29.3. The number of carbonyl (C=O) groups excluding carboxylic acids is 4. The third-order valence-corrected chi connectivity index (χ3v) is 17.9. The number of nitrogens with zero attached hydrogens (tertiary/aromatic N) is 2. The van der Waals surface area contributed by atoms with Crippen LogP contribution in [0.1, 0.15) is 261 Å². The topological polar surface area (TPSA) is 163 Å². The fourth-order valence-electron chi connectivity index (χ4n) is 14.2. The number of fused-ring (bicyclic) bond motifs is 16. The third kappa shape index (κ3) is 11.3. The number of aromatic amines is 2. The summed E-state index contributed by atoms with van der Waals surface area (Å²) < 4.78 is 26.2. The zero-order valence-corrected chi connectivity index (χ0v) is 43.6. The summed E-state index contributed by atoms with van der Waals surface area (Å²) >= 11 is 0. The van der Waals surface area contributed by atoms with Crippen LogP contribution in [0.2, 0.25) is 0 Å². The summed E-state index contributed by atoms with van der Waals surface area (Å²) in [5.74, 6) is -1.04. The van der Waals surface area contributed by atoms with Crippen molar-refractivity contribution >= 4 is 70.2 Å². The average Bonchev–Trinajstić information content (AvgIpc) is 4.26. The summed E-state index contributed by atoms with van der Waals surface area (Å²) in [6, 6.07) is 8.71. The van der Waals surface area contributed by atoms with Gasteiger partial charge in [0.1, 0.15) is 24.4 Å². The summed E-state index contributed by atoms with van der Waals surface area (Å²) in [6.07, 6.45) is 32.0. The molecular formula is C62H78N4O8. The lowest BCUT2D eigenvalue weighted by atomic mass is 9.80. The fourth-order valence-corrected chi connectivity index (χ4v) is 14.2. The van der Waals surface area contributed by atoms with E-state index in [2.05, 4.69) is 58.5 Å². The van der Waals surface area contributed by atoms with Crippen LogP contribution in [-0.2, 0) is 38.1 Å². The van der Waals surface area contributed by atoms with Crippen molar-refractivity contribution in [2.75, 3.05) is 0 Å². The van der Waals surface area contributed by atoms with Crippen LogP contribution in [0.5, 0.6) is 0 Å². The van der Waals surface area contributed by atoms with Crippen LogP contribution in [0.15, 0.2) is 24.3 Å². The molecule has 8 atom stereocenters. The van der Waals surface area contributed by atoms with Gasteiger partial charge >= 0.3 is 23.9 Å². The summed E-state index contributed by atoms with van der Waals surface area (Å²) in [5, 5.41) is 0. The Kier molecular flexibility index (Phi) is 16.1. The molecule has 12 bridgehead atoms. The predicted octanol–water partition coefficient (Wildman–Crippen LogP) is 14.4. The van der Waals surface area contributed by atoms with Crippen LogP contribution in [0, 0.1) is 0 Å². The highest BCUT2D eigenvalue weighted by Crippen LogP contribution is 2.46. The summed E-state index contributed by atoms with van der Waals surface area (Å²) in [6.45, 7) is 0. The van der Waals surface area contributed by atoms with Gasteiger partial charge in [0.2, 0.25) is 0 Å². The molecule has 4 saturated carbocycles. The van der Waals surface area contributed by atoms with Gasteiger partial charge < -0.3 is 28.9 Å². The molecule has 394 valence electrons. The third-order valence-electron chi connectivity index (χ3n) is 17.9. The number of hydrogen-bond donors (Lipinski definition) is 2. The lowest BCUT2D eigenvalue weighted by Crippen LogP contribution is -2.30. The van der Waals surface area contributed by atoms with Crippen molar-refractivity contribution in [1.82, 2.24) is 19.9 Å². The van der Waals surface area contributed by atoms with Gasteiger partial charge in [0.25, 0.3) is 0 Å². The number of carbonyl (C=O) groups is 4. The molecule has 4 aliphatic heterocycles. The Bertz CT molecular complexity index is 2420. The van der Waals surface area contributed by atoms with Gasteiger partial charge in [-0.1, -0.05) is 64.2 Å². The van der Waals surface area contributed by atoms with E-state index in [-0.39, 0.29) is 72.0 Å². The molecule has 0 aromatic carbocycles. The number of hydrogen-bond acceptors (Lipinski definition) is 10. The molecule has 4 fully saturated rings. The lowest BCUT2D eigenvalue weighted by molar-refractivity contribution is -0.152. The highest BCUT2D eigenvalue weighted by Gasteiger charge is 2.39. The van der Waals surface area contributed by atoms with E-state index in [1.54, 1.807) is 0 Å². The standard InChI is InChI=1S/C62H78N4O8/c67-55-27-7-3-1-4-8-28-56(68)72-52-24-16-12-20-40(52)60-44-32-31-43(63-44)59(39-19-11-15-23-51(39)71-55)47-35-37-49(65-47)61-41-21-13-17-25-53(41)73-57(69)29-9-5-2-6-10-30-58(70)74-54-26-18-14-22-42(54)62(46-34-33-45(61)64-46)50-38-36-48(60)66-50/h31-42,51-54,65-66H,1-30H2/t39-,40-,41-,42-,51-,52-,53-,54-/m0/s1. The molecule has 0 radical (unpaired) electrons. The molecule has 0 unspecified atom stereocenters. The molecule has 74 heavy (non-hydrogen) atoms. The maximum absolute atomic E-state index is 13.8. The number of rotatable bonds is 0. The van der Waals surface area contributed by atoms with Crippen LogP contribution in [0.25, 0.3) is 46.4 Å². The molecule has 0 spiro atoms. The number of aromatic nitrogens is 4. The lowest BCUT2D eigenvalue weighted by Gasteiger charge is -2.33. The normalized spacial score (nSPS) is 29.0. The van der Waals surface area contributed by atoms with Crippen LogP contribution >= 0.6 is 0 Å². The fraction of sp³-hybridized carbons (Fsp3) is 0.613. The second-order valence-corrected chi connectivity index (χ2v) is 22.9. The van der Waals surface area contributed by atoms with E-state index in [0.29, 0.717) is 25.7 Å². The zero-order chi connectivity index (χ0) is 50.4. The number of nitrogens with one attached hydrogen (secondary N) is 2. The smallest absolute Gasteiger partial charge is 0.306 e. The van der Waals surface area contributed by atoms with Gasteiger partial charge in [-0.25, -0.2) is 9.97 Å². The summed E-state index contributed by atoms with van der Waals surface area (Å²) in [5.41, 5.74) is 11.2. The van der Waals surface area contributed by atoms with Crippen molar-refractivity contribution in [2.45, 2.75) is 241 Å². The minimum absolute atomic E-state index is 0.110. The van der Waals surface area contributed by atoms with Gasteiger partial charge in [0.15, 0.2) is 0 Å². The zero-order valence-electron chi connectivity index (χ0n) is 43.6. The van der Waals surface area contributed by atoms with E-state index in [4.69, 9.17) is 28.9 Å². The van der Waals surface area contributed by atoms with Crippen molar-refractivity contribution < 1.29 is 38.1 Å². The van der Waals surface area contributed by atoms with E-state index < -0.39 is 0 Å². The van der Waals surface area contributed by atoms with Gasteiger partial charge in [-0.15, -0.1) is 0 Å². The molecule has 12 heteroatoms. The molecule has 8 aliphatic rings. The van der Waals surface area contributed by atoms with Gasteiger partial charge in [-0.2, -0.15) is 0 Å². The molecular weight excluding hydrogens is 929 g/mol. The van der Waals surface area contributed by atoms with Crippen LogP contribution in [0.4, 0.5) is 0 Å².